The first kappa shape index (κ1) is 11.0. The summed E-state index contributed by atoms with van der Waals surface area (Å²) < 4.78 is 1.82. The molecule has 0 aliphatic heterocycles. The van der Waals surface area contributed by atoms with Gasteiger partial charge in [0.15, 0.2) is 0 Å². The van der Waals surface area contributed by atoms with Crippen LogP contribution in [0.2, 0.25) is 0 Å². The zero-order chi connectivity index (χ0) is 12.7. The van der Waals surface area contributed by atoms with Crippen molar-refractivity contribution in [1.82, 2.24) is 14.8 Å². The Bertz CT molecular complexity index is 706. The SMILES string of the molecule is Cc1[nH]c2ccccc2c1-c1nn(C)cc1CN. The monoisotopic (exact) mass is 240 g/mol. The van der Waals surface area contributed by atoms with Crippen molar-refractivity contribution in [3.8, 4) is 11.3 Å². The molecule has 4 nitrogen and oxygen atoms in total. The third-order valence-electron chi connectivity index (χ3n) is 3.25. The first-order valence-electron chi connectivity index (χ1n) is 6.01. The number of rotatable bonds is 2. The second-order valence-electron chi connectivity index (χ2n) is 4.55. The molecule has 0 aliphatic carbocycles. The van der Waals surface area contributed by atoms with Gasteiger partial charge in [0.05, 0.1) is 5.69 Å². The predicted molar refractivity (Wildman–Crippen MR) is 73.1 cm³/mol. The van der Waals surface area contributed by atoms with Gasteiger partial charge in [-0.2, -0.15) is 5.10 Å². The molecule has 2 aromatic heterocycles. The van der Waals surface area contributed by atoms with E-state index in [1.165, 1.54) is 5.39 Å². The number of benzene rings is 1. The quantitative estimate of drug-likeness (QED) is 0.722. The van der Waals surface area contributed by atoms with Crippen LogP contribution in [-0.4, -0.2) is 14.8 Å². The zero-order valence-electron chi connectivity index (χ0n) is 10.6. The lowest BCUT2D eigenvalue weighted by atomic mass is 10.0. The summed E-state index contributed by atoms with van der Waals surface area (Å²) in [7, 11) is 1.92. The number of aromatic nitrogens is 3. The molecule has 0 saturated carbocycles. The van der Waals surface area contributed by atoms with E-state index in [2.05, 4.69) is 29.1 Å². The van der Waals surface area contributed by atoms with Crippen LogP contribution in [0.25, 0.3) is 22.2 Å². The summed E-state index contributed by atoms with van der Waals surface area (Å²) >= 11 is 0. The Morgan fingerprint density at radius 1 is 1.33 bits per heavy atom. The highest BCUT2D eigenvalue weighted by Gasteiger charge is 2.16. The van der Waals surface area contributed by atoms with Crippen molar-refractivity contribution in [3.63, 3.8) is 0 Å². The minimum absolute atomic E-state index is 0.502. The molecule has 0 bridgehead atoms. The molecule has 3 aromatic rings. The molecule has 0 spiro atoms. The highest BCUT2D eigenvalue weighted by molar-refractivity contribution is 5.97. The third-order valence-corrected chi connectivity index (χ3v) is 3.25. The molecule has 3 rings (SSSR count). The first-order valence-corrected chi connectivity index (χ1v) is 6.01. The van der Waals surface area contributed by atoms with Gasteiger partial charge in [-0.3, -0.25) is 4.68 Å². The summed E-state index contributed by atoms with van der Waals surface area (Å²) in [6, 6.07) is 8.27. The normalized spacial score (nSPS) is 11.3. The number of para-hydroxylation sites is 1. The van der Waals surface area contributed by atoms with E-state index >= 15 is 0 Å². The Hall–Kier alpha value is -2.07. The Balaban J connectivity index is 2.33. The molecule has 0 radical (unpaired) electrons. The molecule has 0 atom stereocenters. The van der Waals surface area contributed by atoms with Crippen molar-refractivity contribution in [2.75, 3.05) is 0 Å². The van der Waals surface area contributed by atoms with E-state index in [1.807, 2.05) is 30.1 Å². The fourth-order valence-corrected chi connectivity index (χ4v) is 2.48. The molecule has 92 valence electrons. The molecule has 2 heterocycles. The van der Waals surface area contributed by atoms with Crippen molar-refractivity contribution in [1.29, 1.82) is 0 Å². The molecule has 0 aliphatic rings. The van der Waals surface area contributed by atoms with Gasteiger partial charge in [-0.1, -0.05) is 18.2 Å². The average Bonchev–Trinajstić information content (AvgIpc) is 2.87. The van der Waals surface area contributed by atoms with E-state index in [0.29, 0.717) is 6.54 Å². The van der Waals surface area contributed by atoms with E-state index in [-0.39, 0.29) is 0 Å². The average molecular weight is 240 g/mol. The molecule has 0 amide bonds. The number of nitrogens with zero attached hydrogens (tertiary/aromatic N) is 2. The summed E-state index contributed by atoms with van der Waals surface area (Å²) in [6.45, 7) is 2.58. The van der Waals surface area contributed by atoms with Crippen molar-refractivity contribution in [2.45, 2.75) is 13.5 Å². The molecule has 0 unspecified atom stereocenters. The number of fused-ring (bicyclic) bond motifs is 1. The predicted octanol–water partition coefficient (Wildman–Crippen LogP) is 2.34. The van der Waals surface area contributed by atoms with Crippen LogP contribution in [0, 0.1) is 6.92 Å². The van der Waals surface area contributed by atoms with Crippen LogP contribution in [0.5, 0.6) is 0 Å². The Kier molecular flexibility index (Phi) is 2.45. The number of nitrogens with two attached hydrogens (primary N) is 1. The summed E-state index contributed by atoms with van der Waals surface area (Å²) in [5, 5.41) is 5.75. The molecular formula is C14H16N4. The molecule has 18 heavy (non-hydrogen) atoms. The Morgan fingerprint density at radius 3 is 2.89 bits per heavy atom. The van der Waals surface area contributed by atoms with Gasteiger partial charge in [0.2, 0.25) is 0 Å². The molecule has 3 N–H and O–H groups in total. The number of aromatic amines is 1. The van der Waals surface area contributed by atoms with Gasteiger partial charge in [0.1, 0.15) is 0 Å². The lowest BCUT2D eigenvalue weighted by Crippen LogP contribution is -1.96. The number of hydrogen-bond acceptors (Lipinski definition) is 2. The maximum Gasteiger partial charge on any atom is 0.0992 e. The number of hydrogen-bond donors (Lipinski definition) is 2. The fraction of sp³-hybridized carbons (Fsp3) is 0.214. The molecule has 0 saturated heterocycles. The highest BCUT2D eigenvalue weighted by atomic mass is 15.3. The second kappa shape index (κ2) is 3.99. The van der Waals surface area contributed by atoms with Crippen molar-refractivity contribution in [3.05, 3.63) is 41.7 Å². The highest BCUT2D eigenvalue weighted by Crippen LogP contribution is 2.32. The van der Waals surface area contributed by atoms with Gasteiger partial charge in [-0.05, 0) is 13.0 Å². The van der Waals surface area contributed by atoms with Gasteiger partial charge in [-0.25, -0.2) is 0 Å². The maximum atomic E-state index is 5.80. The Labute approximate surface area is 105 Å². The number of nitrogens with one attached hydrogen (secondary N) is 1. The van der Waals surface area contributed by atoms with Crippen LogP contribution in [0.3, 0.4) is 0 Å². The molecule has 0 fully saturated rings. The summed E-state index contributed by atoms with van der Waals surface area (Å²) in [5.41, 5.74) is 11.3. The minimum Gasteiger partial charge on any atom is -0.358 e. The number of aryl methyl sites for hydroxylation is 2. The lowest BCUT2D eigenvalue weighted by Gasteiger charge is -2.00. The summed E-state index contributed by atoms with van der Waals surface area (Å²) in [5.74, 6) is 0. The van der Waals surface area contributed by atoms with Crippen LogP contribution in [0.1, 0.15) is 11.3 Å². The summed E-state index contributed by atoms with van der Waals surface area (Å²) in [6.07, 6.45) is 1.98. The molecule has 1 aromatic carbocycles. The van der Waals surface area contributed by atoms with E-state index < -0.39 is 0 Å². The van der Waals surface area contributed by atoms with Crippen LogP contribution >= 0.6 is 0 Å². The van der Waals surface area contributed by atoms with Crippen molar-refractivity contribution >= 4 is 10.9 Å². The molecule has 4 heteroatoms. The zero-order valence-corrected chi connectivity index (χ0v) is 10.6. The summed E-state index contributed by atoms with van der Waals surface area (Å²) in [4.78, 5) is 3.40. The van der Waals surface area contributed by atoms with E-state index in [9.17, 15) is 0 Å². The van der Waals surface area contributed by atoms with Gasteiger partial charge in [0, 0.05) is 47.5 Å². The molecular weight excluding hydrogens is 224 g/mol. The first-order chi connectivity index (χ1) is 8.70. The topological polar surface area (TPSA) is 59.6 Å². The van der Waals surface area contributed by atoms with Crippen LogP contribution < -0.4 is 5.73 Å². The number of H-pyrrole nitrogens is 1. The van der Waals surface area contributed by atoms with E-state index in [1.54, 1.807) is 0 Å². The Morgan fingerprint density at radius 2 is 2.11 bits per heavy atom. The maximum absolute atomic E-state index is 5.80. The van der Waals surface area contributed by atoms with Crippen LogP contribution in [-0.2, 0) is 13.6 Å². The van der Waals surface area contributed by atoms with E-state index in [0.717, 1.165) is 28.0 Å². The standard InChI is InChI=1S/C14H16N4/c1-9-13(11-5-3-4-6-12(11)16-9)14-10(7-15)8-18(2)17-14/h3-6,8,16H,7,15H2,1-2H3. The van der Waals surface area contributed by atoms with Crippen molar-refractivity contribution < 1.29 is 0 Å². The largest absolute Gasteiger partial charge is 0.358 e. The second-order valence-corrected chi connectivity index (χ2v) is 4.55. The fourth-order valence-electron chi connectivity index (χ4n) is 2.48. The van der Waals surface area contributed by atoms with Gasteiger partial charge < -0.3 is 10.7 Å². The minimum atomic E-state index is 0.502. The van der Waals surface area contributed by atoms with Crippen LogP contribution in [0.4, 0.5) is 0 Å². The van der Waals surface area contributed by atoms with Crippen LogP contribution in [0.15, 0.2) is 30.5 Å². The van der Waals surface area contributed by atoms with Gasteiger partial charge in [-0.15, -0.1) is 0 Å². The lowest BCUT2D eigenvalue weighted by molar-refractivity contribution is 0.769. The van der Waals surface area contributed by atoms with Gasteiger partial charge in [0.25, 0.3) is 0 Å². The third kappa shape index (κ3) is 1.54. The smallest absolute Gasteiger partial charge is 0.0992 e. The van der Waals surface area contributed by atoms with E-state index in [4.69, 9.17) is 5.73 Å². The van der Waals surface area contributed by atoms with Gasteiger partial charge >= 0.3 is 0 Å². The van der Waals surface area contributed by atoms with Crippen molar-refractivity contribution in [2.24, 2.45) is 12.8 Å².